The Labute approximate surface area is 193 Å². The van der Waals surface area contributed by atoms with E-state index in [9.17, 15) is 9.18 Å². The van der Waals surface area contributed by atoms with Crippen LogP contribution in [0.25, 0.3) is 6.08 Å². The molecule has 0 bridgehead atoms. The van der Waals surface area contributed by atoms with Crippen LogP contribution in [0.15, 0.2) is 81.9 Å². The van der Waals surface area contributed by atoms with Crippen LogP contribution in [0.3, 0.4) is 0 Å². The first-order valence-corrected chi connectivity index (χ1v) is 10.7. The van der Waals surface area contributed by atoms with Crippen LogP contribution in [0.1, 0.15) is 23.6 Å². The second-order valence-electron chi connectivity index (χ2n) is 6.92. The molecule has 0 unspecified atom stereocenters. The maximum Gasteiger partial charge on any atom is 0.368 e. The zero-order valence-electron chi connectivity index (χ0n) is 17.2. The number of hydrogen-bond donors (Lipinski definition) is 0. The van der Waals surface area contributed by atoms with E-state index < -0.39 is 5.97 Å². The average Bonchev–Trinajstić information content (AvgIpc) is 3.15. The van der Waals surface area contributed by atoms with Gasteiger partial charge in [0, 0.05) is 5.56 Å². The van der Waals surface area contributed by atoms with Crippen LogP contribution in [0.2, 0.25) is 0 Å². The number of ether oxygens (including phenoxy) is 2. The van der Waals surface area contributed by atoms with Gasteiger partial charge in [-0.05, 0) is 64.3 Å². The van der Waals surface area contributed by atoms with Gasteiger partial charge < -0.3 is 14.3 Å². The van der Waals surface area contributed by atoms with Crippen molar-refractivity contribution in [1.82, 2.24) is 0 Å². The van der Waals surface area contributed by atoms with Gasteiger partial charge in [0.1, 0.15) is 18.1 Å². The van der Waals surface area contributed by atoms with Gasteiger partial charge in [-0.25, -0.2) is 9.18 Å². The average molecular weight is 496 g/mol. The number of halogens is 2. The lowest BCUT2D eigenvalue weighted by molar-refractivity contribution is -0.136. The first kappa shape index (κ1) is 21.8. The molecular formula is C25H19BrFNO4. The van der Waals surface area contributed by atoms with E-state index in [0.717, 1.165) is 11.1 Å². The van der Waals surface area contributed by atoms with Crippen LogP contribution in [-0.4, -0.2) is 18.3 Å². The largest absolute Gasteiger partial charge is 0.490 e. The molecule has 1 heterocycles. The highest BCUT2D eigenvalue weighted by Gasteiger charge is 2.27. The van der Waals surface area contributed by atoms with E-state index >= 15 is 0 Å². The van der Waals surface area contributed by atoms with Gasteiger partial charge in [-0.15, -0.1) is 0 Å². The molecule has 0 aliphatic carbocycles. The summed E-state index contributed by atoms with van der Waals surface area (Å²) in [5.41, 5.74) is 3.15. The van der Waals surface area contributed by atoms with Crippen molar-refractivity contribution in [2.75, 3.05) is 6.61 Å². The monoisotopic (exact) mass is 495 g/mol. The quantitative estimate of drug-likeness (QED) is 0.302. The molecule has 1 aliphatic heterocycles. The molecular weight excluding hydrogens is 477 g/mol. The van der Waals surface area contributed by atoms with Crippen molar-refractivity contribution in [3.63, 3.8) is 0 Å². The van der Waals surface area contributed by atoms with Gasteiger partial charge >= 0.3 is 5.97 Å². The number of carbonyl (C=O) groups is 1. The number of benzene rings is 3. The van der Waals surface area contributed by atoms with E-state index in [2.05, 4.69) is 21.1 Å². The smallest absolute Gasteiger partial charge is 0.368 e. The number of nitrogens with zero attached hydrogens (tertiary/aromatic N) is 1. The van der Waals surface area contributed by atoms with Gasteiger partial charge in [0.05, 0.1) is 16.7 Å². The Morgan fingerprint density at radius 1 is 1.06 bits per heavy atom. The fourth-order valence-corrected chi connectivity index (χ4v) is 3.76. The summed E-state index contributed by atoms with van der Waals surface area (Å²) in [5.74, 6) is 0.213. The summed E-state index contributed by atoms with van der Waals surface area (Å²) in [6.45, 7) is 2.55. The molecule has 0 spiro atoms. The lowest BCUT2D eigenvalue weighted by Gasteiger charge is -2.15. The second kappa shape index (κ2) is 9.78. The van der Waals surface area contributed by atoms with Crippen molar-refractivity contribution in [2.45, 2.75) is 13.5 Å². The van der Waals surface area contributed by atoms with Crippen LogP contribution in [0.5, 0.6) is 11.5 Å². The molecule has 0 radical (unpaired) electrons. The van der Waals surface area contributed by atoms with E-state index in [0.29, 0.717) is 39.4 Å². The van der Waals surface area contributed by atoms with Crippen LogP contribution in [-0.2, 0) is 16.2 Å². The fourth-order valence-electron chi connectivity index (χ4n) is 3.19. The van der Waals surface area contributed by atoms with Crippen LogP contribution in [0.4, 0.5) is 4.39 Å². The normalized spacial score (nSPS) is 14.3. The molecule has 7 heteroatoms. The third-order valence-electron chi connectivity index (χ3n) is 4.68. The molecule has 162 valence electrons. The lowest BCUT2D eigenvalue weighted by Crippen LogP contribution is -2.07. The minimum atomic E-state index is -0.519. The standard InChI is InChI=1S/C25H19BrFNO4/c1-2-30-22-14-17(12-20-23(28-32-25(20)29)18-6-4-3-5-7-18)13-21(26)24(22)31-15-16-8-10-19(27)11-9-16/h3-14H,2,15H2,1H3/b20-12-. The number of oxime groups is 1. The summed E-state index contributed by atoms with van der Waals surface area (Å²) >= 11 is 3.54. The van der Waals surface area contributed by atoms with E-state index in [1.54, 1.807) is 24.3 Å². The fraction of sp³-hybridized carbons (Fsp3) is 0.120. The van der Waals surface area contributed by atoms with Gasteiger partial charge in [-0.1, -0.05) is 47.6 Å². The third kappa shape index (κ3) is 4.89. The maximum atomic E-state index is 13.1. The minimum absolute atomic E-state index is 0.247. The Morgan fingerprint density at radius 2 is 1.81 bits per heavy atom. The first-order chi connectivity index (χ1) is 15.5. The summed E-state index contributed by atoms with van der Waals surface area (Å²) in [7, 11) is 0. The van der Waals surface area contributed by atoms with Gasteiger partial charge in [0.2, 0.25) is 0 Å². The van der Waals surface area contributed by atoms with E-state index in [-0.39, 0.29) is 12.4 Å². The Kier molecular flexibility index (Phi) is 6.66. The molecule has 0 atom stereocenters. The first-order valence-electron chi connectivity index (χ1n) is 9.95. The van der Waals surface area contributed by atoms with Crippen molar-refractivity contribution in [2.24, 2.45) is 5.16 Å². The highest BCUT2D eigenvalue weighted by Crippen LogP contribution is 2.38. The zero-order chi connectivity index (χ0) is 22.5. The summed E-state index contributed by atoms with van der Waals surface area (Å²) in [6, 6.07) is 19.1. The lowest BCUT2D eigenvalue weighted by atomic mass is 10.0. The molecule has 0 fully saturated rings. The molecule has 32 heavy (non-hydrogen) atoms. The highest BCUT2D eigenvalue weighted by molar-refractivity contribution is 9.10. The molecule has 0 saturated carbocycles. The Bertz CT molecular complexity index is 1190. The van der Waals surface area contributed by atoms with Crippen molar-refractivity contribution < 1.29 is 23.5 Å². The van der Waals surface area contributed by atoms with E-state index in [1.165, 1.54) is 12.1 Å². The second-order valence-corrected chi connectivity index (χ2v) is 7.78. The Hall–Kier alpha value is -3.45. The molecule has 0 saturated heterocycles. The van der Waals surface area contributed by atoms with Crippen LogP contribution < -0.4 is 9.47 Å². The molecule has 3 aromatic rings. The number of rotatable bonds is 7. The molecule has 0 amide bonds. The summed E-state index contributed by atoms with van der Waals surface area (Å²) in [5, 5.41) is 3.94. The van der Waals surface area contributed by atoms with Crippen LogP contribution in [0, 0.1) is 5.82 Å². The molecule has 3 aromatic carbocycles. The number of carbonyl (C=O) groups excluding carboxylic acids is 1. The molecule has 4 rings (SSSR count). The summed E-state index contributed by atoms with van der Waals surface area (Å²) < 4.78 is 25.5. The predicted octanol–water partition coefficient (Wildman–Crippen LogP) is 5.91. The highest BCUT2D eigenvalue weighted by atomic mass is 79.9. The van der Waals surface area contributed by atoms with Gasteiger partial charge in [-0.3, -0.25) is 0 Å². The topological polar surface area (TPSA) is 57.1 Å². The molecule has 1 aliphatic rings. The maximum absolute atomic E-state index is 13.1. The minimum Gasteiger partial charge on any atom is -0.490 e. The van der Waals surface area contributed by atoms with E-state index in [4.69, 9.17) is 14.3 Å². The molecule has 5 nitrogen and oxygen atoms in total. The van der Waals surface area contributed by atoms with Crippen LogP contribution >= 0.6 is 15.9 Å². The Morgan fingerprint density at radius 3 is 2.53 bits per heavy atom. The van der Waals surface area contributed by atoms with Crippen molar-refractivity contribution in [3.05, 3.63) is 99.3 Å². The van der Waals surface area contributed by atoms with E-state index in [1.807, 2.05) is 43.3 Å². The third-order valence-corrected chi connectivity index (χ3v) is 5.27. The van der Waals surface area contributed by atoms with Crippen molar-refractivity contribution in [3.8, 4) is 11.5 Å². The van der Waals surface area contributed by atoms with Gasteiger partial charge in [0.25, 0.3) is 0 Å². The van der Waals surface area contributed by atoms with Crippen molar-refractivity contribution >= 4 is 33.7 Å². The predicted molar refractivity (Wildman–Crippen MR) is 123 cm³/mol. The zero-order valence-corrected chi connectivity index (χ0v) is 18.8. The molecule has 0 N–H and O–H groups in total. The van der Waals surface area contributed by atoms with Gasteiger partial charge in [0.15, 0.2) is 11.5 Å². The molecule has 0 aromatic heterocycles. The summed E-state index contributed by atoms with van der Waals surface area (Å²) in [6.07, 6.45) is 1.71. The Balaban J connectivity index is 1.64. The van der Waals surface area contributed by atoms with Gasteiger partial charge in [-0.2, -0.15) is 0 Å². The summed E-state index contributed by atoms with van der Waals surface area (Å²) in [4.78, 5) is 17.2. The number of hydrogen-bond acceptors (Lipinski definition) is 5. The van der Waals surface area contributed by atoms with Crippen molar-refractivity contribution in [1.29, 1.82) is 0 Å². The SMILES string of the molecule is CCOc1cc(/C=C2\C(=O)ON=C2c2ccccc2)cc(Br)c1OCc1ccc(F)cc1.